The Bertz CT molecular complexity index is 835. The van der Waals surface area contributed by atoms with E-state index in [1.54, 1.807) is 0 Å². The normalized spacial score (nSPS) is 11.0. The third-order valence-corrected chi connectivity index (χ3v) is 9.32. The van der Waals surface area contributed by atoms with Crippen molar-refractivity contribution in [1.82, 2.24) is 0 Å². The second-order valence-corrected chi connectivity index (χ2v) is 13.8. The summed E-state index contributed by atoms with van der Waals surface area (Å²) in [5.74, 6) is 0. The summed E-state index contributed by atoms with van der Waals surface area (Å²) in [5.41, 5.74) is 2.55. The molecule has 0 aliphatic rings. The van der Waals surface area contributed by atoms with E-state index in [9.17, 15) is 0 Å². The van der Waals surface area contributed by atoms with Crippen molar-refractivity contribution in [2.24, 2.45) is 0 Å². The molecule has 0 radical (unpaired) electrons. The molecule has 0 unspecified atom stereocenters. The highest BCUT2D eigenvalue weighted by Crippen LogP contribution is 2.12. The maximum Gasteiger partial charge on any atom is 0.169 e. The molecule has 2 aromatic rings. The summed E-state index contributed by atoms with van der Waals surface area (Å²) in [6, 6.07) is 8.88. The average Bonchev–Trinajstić information content (AvgIpc) is 3.08. The van der Waals surface area contributed by atoms with E-state index >= 15 is 0 Å². The van der Waals surface area contributed by atoms with Crippen molar-refractivity contribution >= 4 is 0 Å². The first-order chi connectivity index (χ1) is 22.8. The van der Waals surface area contributed by atoms with Gasteiger partial charge in [0.15, 0.2) is 24.8 Å². The summed E-state index contributed by atoms with van der Waals surface area (Å²) in [7, 11) is 0. The monoisotopic (exact) mass is 796 g/mol. The van der Waals surface area contributed by atoms with Gasteiger partial charge in [0.05, 0.1) is 13.2 Å². The van der Waals surface area contributed by atoms with Crippen LogP contribution in [0.3, 0.4) is 0 Å². The maximum absolute atomic E-state index is 5.94. The Kier molecular flexibility index (Phi) is 35.4. The Labute approximate surface area is 318 Å². The highest BCUT2D eigenvalue weighted by atomic mass is 79.9. The van der Waals surface area contributed by atoms with E-state index in [1.165, 1.54) is 152 Å². The van der Waals surface area contributed by atoms with E-state index in [0.717, 1.165) is 52.4 Å². The topological polar surface area (TPSA) is 26.2 Å². The first kappa shape index (κ1) is 47.2. The van der Waals surface area contributed by atoms with Gasteiger partial charge in [0.2, 0.25) is 0 Å². The molecule has 0 aliphatic carbocycles. The van der Waals surface area contributed by atoms with Gasteiger partial charge in [-0.25, -0.2) is 9.13 Å². The standard InChI is InChI=1S/C42H74N2O2.2BrH/c1-3-5-7-9-11-13-15-17-19-23-31-43-33-27-41(28-34-43)39-45-37-25-21-22-26-38-46-40-42-29-35-44(36-30-42)32-24-20-18-16-14-12-10-8-6-4-2;;/h27-30,33-36H,3-26,31-32,37-40H2,1-2H3;2*1H/q+2;;/p-2. The Morgan fingerprint density at radius 1 is 0.375 bits per heavy atom. The van der Waals surface area contributed by atoms with E-state index in [0.29, 0.717) is 0 Å². The highest BCUT2D eigenvalue weighted by Gasteiger charge is 2.04. The SMILES string of the molecule is CCCCCCCCCCCC[n+]1ccc(COCCCCCCOCc2cc[n+](CCCCCCCCCCCC)cc2)cc1.[Br-].[Br-]. The number of hydrogen-bond donors (Lipinski definition) is 0. The van der Waals surface area contributed by atoms with Gasteiger partial charge in [0, 0.05) is 50.3 Å². The molecule has 0 spiro atoms. The van der Waals surface area contributed by atoms with Crippen molar-refractivity contribution in [2.75, 3.05) is 13.2 Å². The molecule has 48 heavy (non-hydrogen) atoms. The maximum atomic E-state index is 5.94. The molecule has 2 aromatic heterocycles. The lowest BCUT2D eigenvalue weighted by molar-refractivity contribution is -0.697. The quantitative estimate of drug-likeness (QED) is 0.0715. The van der Waals surface area contributed by atoms with Crippen LogP contribution in [0, 0.1) is 0 Å². The van der Waals surface area contributed by atoms with Gasteiger partial charge in [0.1, 0.15) is 13.1 Å². The lowest BCUT2D eigenvalue weighted by Gasteiger charge is -2.06. The van der Waals surface area contributed by atoms with E-state index < -0.39 is 0 Å². The van der Waals surface area contributed by atoms with Crippen LogP contribution in [-0.4, -0.2) is 13.2 Å². The number of unbranched alkanes of at least 4 members (excludes halogenated alkanes) is 21. The van der Waals surface area contributed by atoms with Crippen molar-refractivity contribution in [3.05, 3.63) is 60.2 Å². The summed E-state index contributed by atoms with van der Waals surface area (Å²) >= 11 is 0. The number of pyridine rings is 2. The van der Waals surface area contributed by atoms with E-state index in [2.05, 4.69) is 72.0 Å². The predicted octanol–water partition coefficient (Wildman–Crippen LogP) is 5.41. The smallest absolute Gasteiger partial charge is 0.169 e. The Hall–Kier alpha value is -0.820. The summed E-state index contributed by atoms with van der Waals surface area (Å²) in [6.07, 6.45) is 41.4. The van der Waals surface area contributed by atoms with Crippen LogP contribution in [0.1, 0.15) is 179 Å². The third kappa shape index (κ3) is 27.9. The van der Waals surface area contributed by atoms with Crippen molar-refractivity contribution < 1.29 is 52.6 Å². The Morgan fingerprint density at radius 2 is 0.646 bits per heavy atom. The fourth-order valence-electron chi connectivity index (χ4n) is 6.17. The first-order valence-corrected chi connectivity index (χ1v) is 19.9. The van der Waals surface area contributed by atoms with Crippen LogP contribution in [0.15, 0.2) is 49.1 Å². The number of nitrogens with zero attached hydrogens (tertiary/aromatic N) is 2. The zero-order valence-corrected chi connectivity index (χ0v) is 34.5. The zero-order chi connectivity index (χ0) is 32.6. The van der Waals surface area contributed by atoms with Crippen LogP contribution in [0.5, 0.6) is 0 Å². The minimum absolute atomic E-state index is 0. The first-order valence-electron chi connectivity index (χ1n) is 19.9. The van der Waals surface area contributed by atoms with E-state index in [1.807, 2.05) is 0 Å². The number of rotatable bonds is 33. The molecule has 0 atom stereocenters. The highest BCUT2D eigenvalue weighted by molar-refractivity contribution is 5.06. The minimum Gasteiger partial charge on any atom is -1.00 e. The Balaban J connectivity index is 0.0000110. The molecule has 2 heterocycles. The second-order valence-electron chi connectivity index (χ2n) is 13.8. The number of aromatic nitrogens is 2. The largest absolute Gasteiger partial charge is 1.00 e. The van der Waals surface area contributed by atoms with Crippen molar-refractivity contribution in [2.45, 2.75) is 194 Å². The average molecular weight is 799 g/mol. The van der Waals surface area contributed by atoms with Gasteiger partial charge in [-0.05, 0) is 36.8 Å². The molecule has 0 fully saturated rings. The second kappa shape index (κ2) is 36.0. The molecule has 0 saturated carbocycles. The molecular formula is C42H74Br2N2O2. The van der Waals surface area contributed by atoms with Crippen molar-refractivity contribution in [3.8, 4) is 0 Å². The molecule has 0 saturated heterocycles. The van der Waals surface area contributed by atoms with Crippen LogP contribution < -0.4 is 43.1 Å². The number of halogens is 2. The van der Waals surface area contributed by atoms with Gasteiger partial charge < -0.3 is 43.4 Å². The minimum atomic E-state index is 0. The molecule has 0 aromatic carbocycles. The molecule has 278 valence electrons. The van der Waals surface area contributed by atoms with Gasteiger partial charge in [-0.15, -0.1) is 0 Å². The fraction of sp³-hybridized carbons (Fsp3) is 0.762. The molecule has 0 amide bonds. The molecule has 0 N–H and O–H groups in total. The summed E-state index contributed by atoms with van der Waals surface area (Å²) in [5, 5.41) is 0. The lowest BCUT2D eigenvalue weighted by atomic mass is 10.1. The van der Waals surface area contributed by atoms with Crippen LogP contribution in [0.25, 0.3) is 0 Å². The zero-order valence-electron chi connectivity index (χ0n) is 31.3. The molecule has 4 nitrogen and oxygen atoms in total. The summed E-state index contributed by atoms with van der Waals surface area (Å²) < 4.78 is 16.5. The molecule has 0 bridgehead atoms. The van der Waals surface area contributed by atoms with E-state index in [4.69, 9.17) is 9.47 Å². The van der Waals surface area contributed by atoms with Crippen molar-refractivity contribution in [3.63, 3.8) is 0 Å². The number of aryl methyl sites for hydroxylation is 2. The van der Waals surface area contributed by atoms with Crippen LogP contribution in [-0.2, 0) is 35.8 Å². The molecular weight excluding hydrogens is 724 g/mol. The van der Waals surface area contributed by atoms with E-state index in [-0.39, 0.29) is 34.0 Å². The van der Waals surface area contributed by atoms with Crippen LogP contribution in [0.4, 0.5) is 0 Å². The third-order valence-electron chi connectivity index (χ3n) is 9.32. The van der Waals surface area contributed by atoms with Crippen LogP contribution >= 0.6 is 0 Å². The van der Waals surface area contributed by atoms with Crippen molar-refractivity contribution in [1.29, 1.82) is 0 Å². The van der Waals surface area contributed by atoms with Gasteiger partial charge in [-0.1, -0.05) is 129 Å². The predicted molar refractivity (Wildman–Crippen MR) is 195 cm³/mol. The van der Waals surface area contributed by atoms with Crippen LogP contribution in [0.2, 0.25) is 0 Å². The van der Waals surface area contributed by atoms with Gasteiger partial charge in [-0.3, -0.25) is 0 Å². The van der Waals surface area contributed by atoms with Gasteiger partial charge in [0.25, 0.3) is 0 Å². The van der Waals surface area contributed by atoms with Gasteiger partial charge >= 0.3 is 0 Å². The Morgan fingerprint density at radius 3 is 0.958 bits per heavy atom. The molecule has 6 heteroatoms. The molecule has 0 aliphatic heterocycles. The number of ether oxygens (including phenoxy) is 2. The van der Waals surface area contributed by atoms with Gasteiger partial charge in [-0.2, -0.15) is 0 Å². The fourth-order valence-corrected chi connectivity index (χ4v) is 6.17. The number of hydrogen-bond acceptors (Lipinski definition) is 2. The summed E-state index contributed by atoms with van der Waals surface area (Å²) in [4.78, 5) is 0. The summed E-state index contributed by atoms with van der Waals surface area (Å²) in [6.45, 7) is 9.97. The lowest BCUT2D eigenvalue weighted by Crippen LogP contribution is -3.00. The molecule has 2 rings (SSSR count).